The number of rotatable bonds is 8. The lowest BCUT2D eigenvalue weighted by Crippen LogP contribution is -2.42. The van der Waals surface area contributed by atoms with Crippen molar-refractivity contribution in [3.63, 3.8) is 0 Å². The van der Waals surface area contributed by atoms with Crippen LogP contribution in [-0.4, -0.2) is 49.2 Å². The van der Waals surface area contributed by atoms with Gasteiger partial charge in [0.1, 0.15) is 5.76 Å². The van der Waals surface area contributed by atoms with Crippen molar-refractivity contribution < 1.29 is 4.52 Å². The van der Waals surface area contributed by atoms with E-state index in [4.69, 9.17) is 4.52 Å². The summed E-state index contributed by atoms with van der Waals surface area (Å²) in [6, 6.07) is 0. The van der Waals surface area contributed by atoms with E-state index in [1.165, 1.54) is 44.5 Å². The fraction of sp³-hybridized carbons (Fsp3) is 0.789. The van der Waals surface area contributed by atoms with Crippen LogP contribution in [0.5, 0.6) is 0 Å². The third kappa shape index (κ3) is 6.72. The molecular formula is C19H36IN5O. The van der Waals surface area contributed by atoms with Crippen LogP contribution in [0.4, 0.5) is 0 Å². The summed E-state index contributed by atoms with van der Waals surface area (Å²) in [5.74, 6) is 2.57. The van der Waals surface area contributed by atoms with Gasteiger partial charge in [-0.25, -0.2) is 0 Å². The van der Waals surface area contributed by atoms with E-state index in [9.17, 15) is 0 Å². The van der Waals surface area contributed by atoms with Crippen molar-refractivity contribution in [1.82, 2.24) is 20.7 Å². The molecule has 0 aliphatic carbocycles. The smallest absolute Gasteiger partial charge is 0.191 e. The predicted molar refractivity (Wildman–Crippen MR) is 118 cm³/mol. The van der Waals surface area contributed by atoms with Gasteiger partial charge in [0, 0.05) is 32.1 Å². The molecule has 0 unspecified atom stereocenters. The van der Waals surface area contributed by atoms with Crippen molar-refractivity contribution in [1.29, 1.82) is 0 Å². The number of nitrogens with zero attached hydrogens (tertiary/aromatic N) is 3. The highest BCUT2D eigenvalue weighted by atomic mass is 127. The zero-order valence-electron chi connectivity index (χ0n) is 16.8. The molecule has 6 nitrogen and oxygen atoms in total. The van der Waals surface area contributed by atoms with Gasteiger partial charge in [0.15, 0.2) is 5.96 Å². The van der Waals surface area contributed by atoms with Crippen LogP contribution in [-0.2, 0) is 19.4 Å². The second-order valence-electron chi connectivity index (χ2n) is 6.83. The van der Waals surface area contributed by atoms with Crippen LogP contribution < -0.4 is 10.6 Å². The summed E-state index contributed by atoms with van der Waals surface area (Å²) in [5.41, 5.74) is 2.23. The van der Waals surface area contributed by atoms with E-state index in [1.807, 2.05) is 7.05 Å². The molecule has 0 amide bonds. The molecule has 0 aromatic carbocycles. The molecule has 7 heteroatoms. The van der Waals surface area contributed by atoms with Gasteiger partial charge in [-0.15, -0.1) is 24.0 Å². The normalized spacial score (nSPS) is 16.4. The van der Waals surface area contributed by atoms with Crippen molar-refractivity contribution in [2.75, 3.05) is 33.2 Å². The standard InChI is InChI=1S/C19H35N5O.HI/c1-5-10-24-11-8-15(9-12-24)13-21-19(20-4)22-14-16-17(6-2)23-25-18(16)7-3;/h15H,5-14H2,1-4H3,(H2,20,21,22);1H. The Morgan fingerprint density at radius 1 is 1.19 bits per heavy atom. The van der Waals surface area contributed by atoms with Crippen molar-refractivity contribution in [3.8, 4) is 0 Å². The second kappa shape index (κ2) is 12.5. The number of aliphatic imine (C=N–C) groups is 1. The molecule has 0 spiro atoms. The van der Waals surface area contributed by atoms with Crippen LogP contribution in [0, 0.1) is 5.92 Å². The quantitative estimate of drug-likeness (QED) is 0.342. The molecule has 26 heavy (non-hydrogen) atoms. The van der Waals surface area contributed by atoms with Gasteiger partial charge < -0.3 is 20.1 Å². The molecule has 2 rings (SSSR count). The van der Waals surface area contributed by atoms with Crippen molar-refractivity contribution in [2.45, 2.75) is 59.4 Å². The highest BCUT2D eigenvalue weighted by Crippen LogP contribution is 2.17. The summed E-state index contributed by atoms with van der Waals surface area (Å²) >= 11 is 0. The Morgan fingerprint density at radius 2 is 1.92 bits per heavy atom. The number of guanidine groups is 1. The Hall–Kier alpha value is -0.830. The van der Waals surface area contributed by atoms with E-state index < -0.39 is 0 Å². The number of aromatic nitrogens is 1. The van der Waals surface area contributed by atoms with Crippen molar-refractivity contribution in [2.24, 2.45) is 10.9 Å². The van der Waals surface area contributed by atoms with Gasteiger partial charge in [-0.1, -0.05) is 25.9 Å². The van der Waals surface area contributed by atoms with E-state index >= 15 is 0 Å². The maximum absolute atomic E-state index is 5.43. The minimum absolute atomic E-state index is 0. The summed E-state index contributed by atoms with van der Waals surface area (Å²) < 4.78 is 5.43. The van der Waals surface area contributed by atoms with Crippen molar-refractivity contribution in [3.05, 3.63) is 17.0 Å². The van der Waals surface area contributed by atoms with Gasteiger partial charge in [0.2, 0.25) is 0 Å². The predicted octanol–water partition coefficient (Wildman–Crippen LogP) is 3.20. The fourth-order valence-corrected chi connectivity index (χ4v) is 3.50. The number of hydrogen-bond donors (Lipinski definition) is 2. The molecule has 2 heterocycles. The van der Waals surface area contributed by atoms with Gasteiger partial charge in [-0.05, 0) is 51.2 Å². The summed E-state index contributed by atoms with van der Waals surface area (Å²) in [7, 11) is 1.83. The van der Waals surface area contributed by atoms with Crippen LogP contribution in [0.2, 0.25) is 0 Å². The van der Waals surface area contributed by atoms with Gasteiger partial charge in [-0.2, -0.15) is 0 Å². The number of hydrogen-bond acceptors (Lipinski definition) is 4. The fourth-order valence-electron chi connectivity index (χ4n) is 3.50. The Morgan fingerprint density at radius 3 is 2.50 bits per heavy atom. The van der Waals surface area contributed by atoms with Gasteiger partial charge in [-0.3, -0.25) is 4.99 Å². The molecule has 1 aliphatic rings. The van der Waals surface area contributed by atoms with Crippen LogP contribution in [0.3, 0.4) is 0 Å². The van der Waals surface area contributed by atoms with E-state index in [-0.39, 0.29) is 24.0 Å². The van der Waals surface area contributed by atoms with Crippen LogP contribution >= 0.6 is 24.0 Å². The SMILES string of the molecule is CCCN1CCC(CNC(=NC)NCc2c(CC)noc2CC)CC1.I. The van der Waals surface area contributed by atoms with E-state index in [0.29, 0.717) is 6.54 Å². The Labute approximate surface area is 175 Å². The third-order valence-corrected chi connectivity index (χ3v) is 5.07. The molecule has 1 aromatic rings. The number of nitrogens with one attached hydrogen (secondary N) is 2. The molecule has 1 fully saturated rings. The van der Waals surface area contributed by atoms with Crippen LogP contribution in [0.25, 0.3) is 0 Å². The summed E-state index contributed by atoms with van der Waals surface area (Å²) in [6.45, 7) is 11.9. The Bertz CT molecular complexity index is 517. The Balaban J connectivity index is 0.00000338. The lowest BCUT2D eigenvalue weighted by molar-refractivity contribution is 0.185. The first kappa shape index (κ1) is 23.2. The van der Waals surface area contributed by atoms with Crippen LogP contribution in [0.15, 0.2) is 9.52 Å². The molecular weight excluding hydrogens is 441 g/mol. The monoisotopic (exact) mass is 477 g/mol. The molecule has 0 atom stereocenters. The molecule has 1 saturated heterocycles. The second-order valence-corrected chi connectivity index (χ2v) is 6.83. The number of piperidine rings is 1. The average molecular weight is 477 g/mol. The maximum Gasteiger partial charge on any atom is 0.191 e. The minimum Gasteiger partial charge on any atom is -0.361 e. The van der Waals surface area contributed by atoms with E-state index in [0.717, 1.165) is 42.7 Å². The average Bonchev–Trinajstić information content (AvgIpc) is 3.05. The minimum atomic E-state index is 0. The van der Waals surface area contributed by atoms with Gasteiger partial charge in [0.25, 0.3) is 0 Å². The zero-order chi connectivity index (χ0) is 18.1. The summed E-state index contributed by atoms with van der Waals surface area (Å²) in [6.07, 6.45) is 5.56. The lowest BCUT2D eigenvalue weighted by atomic mass is 9.97. The maximum atomic E-state index is 5.43. The van der Waals surface area contributed by atoms with Gasteiger partial charge in [0.05, 0.1) is 5.69 Å². The summed E-state index contributed by atoms with van der Waals surface area (Å²) in [4.78, 5) is 6.94. The number of aryl methyl sites for hydroxylation is 2. The molecule has 1 aliphatic heterocycles. The van der Waals surface area contributed by atoms with E-state index in [1.54, 1.807) is 0 Å². The first-order chi connectivity index (χ1) is 12.2. The Kier molecular flexibility index (Phi) is 11.2. The highest BCUT2D eigenvalue weighted by molar-refractivity contribution is 14.0. The lowest BCUT2D eigenvalue weighted by Gasteiger charge is -2.32. The largest absolute Gasteiger partial charge is 0.361 e. The molecule has 150 valence electrons. The molecule has 0 saturated carbocycles. The zero-order valence-corrected chi connectivity index (χ0v) is 19.1. The molecule has 1 aromatic heterocycles. The summed E-state index contributed by atoms with van der Waals surface area (Å²) in [5, 5.41) is 11.1. The van der Waals surface area contributed by atoms with E-state index in [2.05, 4.69) is 46.5 Å². The third-order valence-electron chi connectivity index (χ3n) is 5.07. The number of likely N-dealkylation sites (tertiary alicyclic amines) is 1. The number of halogens is 1. The molecule has 0 radical (unpaired) electrons. The van der Waals surface area contributed by atoms with Crippen LogP contribution in [0.1, 0.15) is 57.1 Å². The molecule has 2 N–H and O–H groups in total. The van der Waals surface area contributed by atoms with Gasteiger partial charge >= 0.3 is 0 Å². The van der Waals surface area contributed by atoms with Crippen molar-refractivity contribution >= 4 is 29.9 Å². The first-order valence-corrected chi connectivity index (χ1v) is 9.84. The topological polar surface area (TPSA) is 65.7 Å². The molecule has 0 bridgehead atoms. The highest BCUT2D eigenvalue weighted by Gasteiger charge is 2.19. The first-order valence-electron chi connectivity index (χ1n) is 9.84.